The highest BCUT2D eigenvalue weighted by Gasteiger charge is 2.46. The molecular formula is C41H38N6O5S2. The van der Waals surface area contributed by atoms with Crippen molar-refractivity contribution in [3.63, 3.8) is 0 Å². The van der Waals surface area contributed by atoms with Crippen LogP contribution in [0.5, 0.6) is 0 Å². The minimum absolute atomic E-state index is 0.0449. The second-order valence-electron chi connectivity index (χ2n) is 13.0. The molecule has 0 aliphatic carbocycles. The highest BCUT2D eigenvalue weighted by molar-refractivity contribution is 7.14. The number of hydrogen-bond donors (Lipinski definition) is 4. The summed E-state index contributed by atoms with van der Waals surface area (Å²) in [7, 11) is 0. The maximum atomic E-state index is 15.2. The van der Waals surface area contributed by atoms with Gasteiger partial charge in [-0.1, -0.05) is 84.9 Å². The average Bonchev–Trinajstić information content (AvgIpc) is 3.92. The summed E-state index contributed by atoms with van der Waals surface area (Å²) in [5.74, 6) is -0.678. The van der Waals surface area contributed by atoms with Crippen molar-refractivity contribution < 1.29 is 24.6 Å². The molecule has 1 aliphatic heterocycles. The molecule has 0 spiro atoms. The van der Waals surface area contributed by atoms with E-state index in [0.29, 0.717) is 32.5 Å². The van der Waals surface area contributed by atoms with Crippen molar-refractivity contribution in [1.82, 2.24) is 19.8 Å². The predicted molar refractivity (Wildman–Crippen MR) is 209 cm³/mol. The minimum Gasteiger partial charge on any atom is -0.388 e. The summed E-state index contributed by atoms with van der Waals surface area (Å²) in [4.78, 5) is 53.0. The zero-order chi connectivity index (χ0) is 37.4. The van der Waals surface area contributed by atoms with Crippen molar-refractivity contribution >= 4 is 50.8 Å². The molecule has 1 saturated heterocycles. The molecular weight excluding hydrogens is 721 g/mol. The second-order valence-corrected chi connectivity index (χ2v) is 14.8. The molecule has 1 fully saturated rings. The molecule has 7 rings (SSSR count). The Bertz CT molecular complexity index is 2020. The smallest absolute Gasteiger partial charge is 0.321 e. The number of urea groups is 1. The molecule has 0 unspecified atom stereocenters. The molecule has 4 aromatic carbocycles. The maximum absolute atomic E-state index is 15.2. The molecule has 1 aliphatic rings. The lowest BCUT2D eigenvalue weighted by molar-refractivity contribution is -0.0408. The number of rotatable bonds is 12. The van der Waals surface area contributed by atoms with Gasteiger partial charge in [-0.3, -0.25) is 20.2 Å². The predicted octanol–water partition coefficient (Wildman–Crippen LogP) is 6.49. The van der Waals surface area contributed by atoms with Crippen molar-refractivity contribution in [3.05, 3.63) is 166 Å². The van der Waals surface area contributed by atoms with Gasteiger partial charge >= 0.3 is 6.03 Å². The van der Waals surface area contributed by atoms with E-state index in [4.69, 9.17) is 0 Å². The Morgan fingerprint density at radius 1 is 0.593 bits per heavy atom. The lowest BCUT2D eigenvalue weighted by Gasteiger charge is -2.36. The molecule has 2 aromatic heterocycles. The fourth-order valence-corrected chi connectivity index (χ4v) is 7.79. The van der Waals surface area contributed by atoms with E-state index < -0.39 is 30.3 Å². The number of aromatic nitrogens is 2. The molecule has 6 aromatic rings. The van der Waals surface area contributed by atoms with E-state index in [-0.39, 0.29) is 37.7 Å². The molecule has 4 atom stereocenters. The monoisotopic (exact) mass is 758 g/mol. The summed E-state index contributed by atoms with van der Waals surface area (Å²) in [6.07, 6.45) is 1.09. The van der Waals surface area contributed by atoms with Crippen LogP contribution in [-0.4, -0.2) is 72.1 Å². The number of amides is 4. The van der Waals surface area contributed by atoms with Gasteiger partial charge in [0, 0.05) is 47.4 Å². The number of benzene rings is 4. The molecule has 274 valence electrons. The van der Waals surface area contributed by atoms with E-state index in [0.717, 1.165) is 11.1 Å². The Morgan fingerprint density at radius 2 is 1.00 bits per heavy atom. The topological polar surface area (TPSA) is 148 Å². The van der Waals surface area contributed by atoms with Gasteiger partial charge in [0.2, 0.25) is 0 Å². The number of thiazole rings is 2. The summed E-state index contributed by atoms with van der Waals surface area (Å²) < 4.78 is 0. The number of carbonyl (C=O) groups is 3. The molecule has 3 heterocycles. The van der Waals surface area contributed by atoms with Crippen LogP contribution in [0.3, 0.4) is 0 Å². The molecule has 4 amide bonds. The van der Waals surface area contributed by atoms with Crippen LogP contribution in [0, 0.1) is 0 Å². The van der Waals surface area contributed by atoms with Gasteiger partial charge in [0.1, 0.15) is 12.2 Å². The number of aliphatic hydroxyl groups excluding tert-OH is 2. The van der Waals surface area contributed by atoms with Crippen LogP contribution in [0.4, 0.5) is 15.1 Å². The first-order valence-corrected chi connectivity index (χ1v) is 19.2. The largest absolute Gasteiger partial charge is 0.388 e. The summed E-state index contributed by atoms with van der Waals surface area (Å²) in [6, 6.07) is 31.0. The first kappa shape index (κ1) is 36.6. The summed E-state index contributed by atoms with van der Waals surface area (Å²) in [6.45, 7) is 0.0899. The van der Waals surface area contributed by atoms with Crippen molar-refractivity contribution in [2.24, 2.45) is 0 Å². The summed E-state index contributed by atoms with van der Waals surface area (Å²) >= 11 is 2.62. The Kier molecular flexibility index (Phi) is 11.5. The van der Waals surface area contributed by atoms with Gasteiger partial charge in [-0.05, 0) is 59.4 Å². The number of aliphatic hydroxyl groups is 2. The van der Waals surface area contributed by atoms with Crippen LogP contribution in [0.2, 0.25) is 0 Å². The molecule has 13 heteroatoms. The number of nitrogens with one attached hydrogen (secondary N) is 2. The Balaban J connectivity index is 1.25. The van der Waals surface area contributed by atoms with Crippen LogP contribution in [-0.2, 0) is 25.9 Å². The molecule has 4 N–H and O–H groups in total. The highest BCUT2D eigenvalue weighted by Crippen LogP contribution is 2.30. The van der Waals surface area contributed by atoms with Gasteiger partial charge in [0.05, 0.1) is 12.1 Å². The number of hydrogen-bond acceptors (Lipinski definition) is 9. The Hall–Kier alpha value is -5.73. The number of nitrogens with zero attached hydrogens (tertiary/aromatic N) is 4. The van der Waals surface area contributed by atoms with E-state index in [9.17, 15) is 19.8 Å². The van der Waals surface area contributed by atoms with Crippen molar-refractivity contribution in [3.8, 4) is 0 Å². The minimum atomic E-state index is -1.33. The van der Waals surface area contributed by atoms with E-state index >= 15 is 4.79 Å². The van der Waals surface area contributed by atoms with E-state index in [1.165, 1.54) is 22.7 Å². The van der Waals surface area contributed by atoms with Gasteiger partial charge in [0.25, 0.3) is 11.8 Å². The lowest BCUT2D eigenvalue weighted by Crippen LogP contribution is -2.50. The second kappa shape index (κ2) is 16.9. The Morgan fingerprint density at radius 3 is 1.39 bits per heavy atom. The standard InChI is InChI=1S/C41H38N6O5S2/c48-35-33(23-27-9-3-1-4-10-27)46(25-29-13-7-15-31(21-29)37(50)44-39-42-17-19-53-39)41(52)47(34(36(35)49)24-28-11-5-2-6-12-28)26-30-14-8-16-32(22-30)38(51)45-40-43-18-20-54-40/h1-22,33-36,48-49H,23-26H2,(H,42,44,50)(H,43,45,51)/t33-,34-,35+,36+/m1/s1. The normalized spacial score (nSPS) is 18.6. The molecule has 11 nitrogen and oxygen atoms in total. The zero-order valence-corrected chi connectivity index (χ0v) is 30.7. The van der Waals surface area contributed by atoms with E-state index in [1.54, 1.807) is 69.4 Å². The number of anilines is 2. The molecule has 0 bridgehead atoms. The van der Waals surface area contributed by atoms with Crippen LogP contribution in [0.1, 0.15) is 43.0 Å². The third-order valence-electron chi connectivity index (χ3n) is 9.40. The van der Waals surface area contributed by atoms with Crippen molar-refractivity contribution in [1.29, 1.82) is 0 Å². The highest BCUT2D eigenvalue weighted by atomic mass is 32.1. The first-order chi connectivity index (χ1) is 26.3. The van der Waals surface area contributed by atoms with Crippen LogP contribution >= 0.6 is 22.7 Å². The SMILES string of the molecule is O=C(Nc1nccs1)c1cccc(CN2C(=O)N(Cc3cccc(C(=O)Nc4nccs4)c3)[C@H](Cc3ccccc3)[C@H](O)[C@@H](O)[C@H]2Cc2ccccc2)c1. The quantitative estimate of drug-likeness (QED) is 0.112. The van der Waals surface area contributed by atoms with Gasteiger partial charge in [0.15, 0.2) is 10.3 Å². The zero-order valence-electron chi connectivity index (χ0n) is 29.1. The Labute approximate surface area is 320 Å². The van der Waals surface area contributed by atoms with Gasteiger partial charge in [-0.2, -0.15) is 0 Å². The van der Waals surface area contributed by atoms with Crippen LogP contribution < -0.4 is 10.6 Å². The lowest BCUT2D eigenvalue weighted by atomic mass is 9.90. The van der Waals surface area contributed by atoms with Crippen molar-refractivity contribution in [2.45, 2.75) is 50.2 Å². The molecule has 0 radical (unpaired) electrons. The number of carbonyl (C=O) groups excluding carboxylic acids is 3. The molecule has 54 heavy (non-hydrogen) atoms. The summed E-state index contributed by atoms with van der Waals surface area (Å²) in [5.41, 5.74) is 3.87. The third kappa shape index (κ3) is 8.72. The summed E-state index contributed by atoms with van der Waals surface area (Å²) in [5, 5.41) is 34.3. The van der Waals surface area contributed by atoms with Gasteiger partial charge < -0.3 is 20.0 Å². The van der Waals surface area contributed by atoms with Gasteiger partial charge in [-0.25, -0.2) is 14.8 Å². The van der Waals surface area contributed by atoms with Crippen LogP contribution in [0.25, 0.3) is 0 Å². The van der Waals surface area contributed by atoms with Crippen LogP contribution in [0.15, 0.2) is 132 Å². The van der Waals surface area contributed by atoms with Gasteiger partial charge in [-0.15, -0.1) is 22.7 Å². The molecule has 0 saturated carbocycles. The van der Waals surface area contributed by atoms with E-state index in [2.05, 4.69) is 20.6 Å². The first-order valence-electron chi connectivity index (χ1n) is 17.4. The maximum Gasteiger partial charge on any atom is 0.321 e. The van der Waals surface area contributed by atoms with E-state index in [1.807, 2.05) is 72.8 Å². The fourth-order valence-electron chi connectivity index (χ4n) is 6.74. The third-order valence-corrected chi connectivity index (χ3v) is 10.8. The van der Waals surface area contributed by atoms with Crippen molar-refractivity contribution in [2.75, 3.05) is 10.6 Å². The fraction of sp³-hybridized carbons (Fsp3) is 0.195. The average molecular weight is 759 g/mol.